The lowest BCUT2D eigenvalue weighted by Crippen LogP contribution is -2.30. The Morgan fingerprint density at radius 2 is 2.26 bits per heavy atom. The van der Waals surface area contributed by atoms with Crippen LogP contribution < -0.4 is 15.8 Å². The molecule has 6 heteroatoms. The number of nitrogens with one attached hydrogen (secondary N) is 1. The van der Waals surface area contributed by atoms with E-state index in [0.29, 0.717) is 18.0 Å². The summed E-state index contributed by atoms with van der Waals surface area (Å²) in [7, 11) is 0. The molecule has 0 saturated heterocycles. The number of thioether (sulfide) groups is 1. The van der Waals surface area contributed by atoms with Gasteiger partial charge in [0.15, 0.2) is 6.61 Å². The van der Waals surface area contributed by atoms with Crippen molar-refractivity contribution in [3.63, 3.8) is 0 Å². The summed E-state index contributed by atoms with van der Waals surface area (Å²) in [4.78, 5) is 11.5. The van der Waals surface area contributed by atoms with Gasteiger partial charge in [-0.1, -0.05) is 6.07 Å². The van der Waals surface area contributed by atoms with Gasteiger partial charge in [-0.3, -0.25) is 4.79 Å². The summed E-state index contributed by atoms with van der Waals surface area (Å²) in [5.74, 6) is 2.19. The van der Waals surface area contributed by atoms with Crippen molar-refractivity contribution < 1.29 is 14.6 Å². The molecule has 1 rings (SSSR count). The molecule has 19 heavy (non-hydrogen) atoms. The third kappa shape index (κ3) is 7.58. The fourth-order valence-electron chi connectivity index (χ4n) is 1.34. The molecule has 0 heterocycles. The number of rotatable bonds is 9. The highest BCUT2D eigenvalue weighted by Gasteiger charge is 2.02. The Morgan fingerprint density at radius 3 is 3.00 bits per heavy atom. The molecular weight excluding hydrogens is 264 g/mol. The molecule has 0 aromatic heterocycles. The summed E-state index contributed by atoms with van der Waals surface area (Å²) in [5, 5.41) is 11.4. The zero-order valence-electron chi connectivity index (χ0n) is 10.8. The van der Waals surface area contributed by atoms with Crippen LogP contribution in [0.5, 0.6) is 5.75 Å². The number of anilines is 1. The number of nitrogens with two attached hydrogens (primary N) is 1. The van der Waals surface area contributed by atoms with Crippen LogP contribution >= 0.6 is 11.8 Å². The van der Waals surface area contributed by atoms with Gasteiger partial charge in [-0.05, 0) is 24.3 Å². The highest BCUT2D eigenvalue weighted by Crippen LogP contribution is 2.13. The molecule has 0 aliphatic heterocycles. The lowest BCUT2D eigenvalue weighted by atomic mass is 10.3. The minimum atomic E-state index is -0.148. The number of ether oxygens (including phenoxy) is 1. The average Bonchev–Trinajstić information content (AvgIpc) is 2.40. The van der Waals surface area contributed by atoms with Crippen LogP contribution in [-0.2, 0) is 4.79 Å². The quantitative estimate of drug-likeness (QED) is 0.463. The van der Waals surface area contributed by atoms with E-state index in [0.717, 1.165) is 17.9 Å². The number of nitrogen functional groups attached to an aromatic ring is 1. The molecule has 1 amide bonds. The van der Waals surface area contributed by atoms with E-state index >= 15 is 0 Å². The first-order valence-electron chi connectivity index (χ1n) is 6.16. The third-order valence-corrected chi connectivity index (χ3v) is 3.31. The highest BCUT2D eigenvalue weighted by atomic mass is 32.2. The largest absolute Gasteiger partial charge is 0.484 e. The monoisotopic (exact) mass is 284 g/mol. The van der Waals surface area contributed by atoms with E-state index in [9.17, 15) is 4.79 Å². The molecule has 5 nitrogen and oxygen atoms in total. The Labute approximate surface area is 117 Å². The molecule has 1 aromatic carbocycles. The van der Waals surface area contributed by atoms with Crippen LogP contribution in [0.4, 0.5) is 5.69 Å². The number of aliphatic hydroxyl groups excluding tert-OH is 1. The molecule has 1 aromatic rings. The zero-order chi connectivity index (χ0) is 13.9. The van der Waals surface area contributed by atoms with Crippen LogP contribution in [0, 0.1) is 0 Å². The molecule has 4 N–H and O–H groups in total. The van der Waals surface area contributed by atoms with E-state index in [4.69, 9.17) is 15.6 Å². The number of hydrogen-bond donors (Lipinski definition) is 3. The molecule has 106 valence electrons. The molecular formula is C13H20N2O3S. The lowest BCUT2D eigenvalue weighted by Gasteiger charge is -2.07. The highest BCUT2D eigenvalue weighted by molar-refractivity contribution is 7.99. The number of benzene rings is 1. The number of amides is 1. The summed E-state index contributed by atoms with van der Waals surface area (Å²) >= 11 is 1.70. The van der Waals surface area contributed by atoms with E-state index in [1.54, 1.807) is 36.0 Å². The Kier molecular flexibility index (Phi) is 7.84. The molecule has 0 saturated carbocycles. The Balaban J connectivity index is 2.08. The molecule has 0 spiro atoms. The van der Waals surface area contributed by atoms with Gasteiger partial charge in [0.25, 0.3) is 5.91 Å². The Morgan fingerprint density at radius 1 is 1.42 bits per heavy atom. The van der Waals surface area contributed by atoms with Crippen molar-refractivity contribution in [1.29, 1.82) is 0 Å². The molecule has 0 aliphatic rings. The Hall–Kier alpha value is -1.40. The van der Waals surface area contributed by atoms with Crippen LogP contribution in [0.25, 0.3) is 0 Å². The second-order valence-corrected chi connectivity index (χ2v) is 5.13. The molecule has 0 bridgehead atoms. The van der Waals surface area contributed by atoms with Gasteiger partial charge in [-0.15, -0.1) is 0 Å². The predicted molar refractivity (Wildman–Crippen MR) is 78.4 cm³/mol. The standard InChI is InChI=1S/C13H20N2O3S/c14-11-3-1-4-12(9-11)18-10-13(17)15-5-8-19-7-2-6-16/h1,3-4,9,16H,2,5-8,10,14H2,(H,15,17). The molecule has 0 aliphatic carbocycles. The number of carbonyl (C=O) groups is 1. The maximum Gasteiger partial charge on any atom is 0.257 e. The van der Waals surface area contributed by atoms with Gasteiger partial charge in [-0.25, -0.2) is 0 Å². The molecule has 0 fully saturated rings. The smallest absolute Gasteiger partial charge is 0.257 e. The van der Waals surface area contributed by atoms with Crippen molar-refractivity contribution in [2.75, 3.05) is 37.0 Å². The second kappa shape index (κ2) is 9.52. The predicted octanol–water partition coefficient (Wildman–Crippen LogP) is 0.879. The average molecular weight is 284 g/mol. The first kappa shape index (κ1) is 15.7. The SMILES string of the molecule is Nc1cccc(OCC(=O)NCCSCCCO)c1. The summed E-state index contributed by atoms with van der Waals surface area (Å²) in [6.45, 7) is 0.813. The number of hydrogen-bond acceptors (Lipinski definition) is 5. The van der Waals surface area contributed by atoms with Crippen LogP contribution in [0.1, 0.15) is 6.42 Å². The van der Waals surface area contributed by atoms with Gasteiger partial charge in [-0.2, -0.15) is 11.8 Å². The summed E-state index contributed by atoms with van der Waals surface area (Å²) < 4.78 is 5.31. The first-order valence-corrected chi connectivity index (χ1v) is 7.31. The van der Waals surface area contributed by atoms with Gasteiger partial charge in [0.2, 0.25) is 0 Å². The van der Waals surface area contributed by atoms with E-state index in [-0.39, 0.29) is 19.1 Å². The van der Waals surface area contributed by atoms with E-state index in [1.165, 1.54) is 0 Å². The number of carbonyl (C=O) groups excluding carboxylic acids is 1. The second-order valence-electron chi connectivity index (χ2n) is 3.90. The number of aliphatic hydroxyl groups is 1. The van der Waals surface area contributed by atoms with Crippen molar-refractivity contribution in [2.24, 2.45) is 0 Å². The summed E-state index contributed by atoms with van der Waals surface area (Å²) in [6.07, 6.45) is 0.789. The molecule has 0 unspecified atom stereocenters. The minimum Gasteiger partial charge on any atom is -0.484 e. The van der Waals surface area contributed by atoms with E-state index in [2.05, 4.69) is 5.32 Å². The van der Waals surface area contributed by atoms with Crippen LogP contribution in [0.15, 0.2) is 24.3 Å². The third-order valence-electron chi connectivity index (χ3n) is 2.24. The van der Waals surface area contributed by atoms with E-state index < -0.39 is 0 Å². The van der Waals surface area contributed by atoms with Gasteiger partial charge in [0.1, 0.15) is 5.75 Å². The zero-order valence-corrected chi connectivity index (χ0v) is 11.6. The van der Waals surface area contributed by atoms with Gasteiger partial charge in [0, 0.05) is 30.7 Å². The minimum absolute atomic E-state index is 0.00917. The lowest BCUT2D eigenvalue weighted by molar-refractivity contribution is -0.122. The van der Waals surface area contributed by atoms with Gasteiger partial charge >= 0.3 is 0 Å². The van der Waals surface area contributed by atoms with E-state index in [1.807, 2.05) is 0 Å². The van der Waals surface area contributed by atoms with Crippen molar-refractivity contribution in [1.82, 2.24) is 5.32 Å². The van der Waals surface area contributed by atoms with Crippen LogP contribution in [0.2, 0.25) is 0 Å². The fraction of sp³-hybridized carbons (Fsp3) is 0.462. The van der Waals surface area contributed by atoms with Crippen molar-refractivity contribution >= 4 is 23.4 Å². The van der Waals surface area contributed by atoms with Gasteiger partial charge in [0.05, 0.1) is 0 Å². The Bertz CT molecular complexity index is 388. The first-order chi connectivity index (χ1) is 9.22. The topological polar surface area (TPSA) is 84.6 Å². The summed E-state index contributed by atoms with van der Waals surface area (Å²) in [6, 6.07) is 6.98. The van der Waals surface area contributed by atoms with Crippen LogP contribution in [0.3, 0.4) is 0 Å². The van der Waals surface area contributed by atoms with Gasteiger partial charge < -0.3 is 20.9 Å². The maximum absolute atomic E-state index is 11.5. The van der Waals surface area contributed by atoms with Crippen molar-refractivity contribution in [2.45, 2.75) is 6.42 Å². The van der Waals surface area contributed by atoms with Crippen LogP contribution in [-0.4, -0.2) is 42.3 Å². The van der Waals surface area contributed by atoms with Crippen molar-refractivity contribution in [3.8, 4) is 5.75 Å². The normalized spacial score (nSPS) is 10.2. The molecule has 0 atom stereocenters. The van der Waals surface area contributed by atoms with Crippen molar-refractivity contribution in [3.05, 3.63) is 24.3 Å². The fourth-order valence-corrected chi connectivity index (χ4v) is 2.12. The molecule has 0 radical (unpaired) electrons. The maximum atomic E-state index is 11.5. The summed E-state index contributed by atoms with van der Waals surface area (Å²) in [5.41, 5.74) is 6.21.